The van der Waals surface area contributed by atoms with Gasteiger partial charge in [-0.3, -0.25) is 9.69 Å². The highest BCUT2D eigenvalue weighted by Crippen LogP contribution is 2.64. The van der Waals surface area contributed by atoms with Crippen molar-refractivity contribution in [1.82, 2.24) is 9.80 Å². The number of likely N-dealkylation sites (tertiary alicyclic amines) is 1. The zero-order valence-corrected chi connectivity index (χ0v) is 26.7. The van der Waals surface area contributed by atoms with E-state index in [0.717, 1.165) is 53.9 Å². The van der Waals surface area contributed by atoms with E-state index in [0.29, 0.717) is 18.9 Å². The minimum Gasteiger partial charge on any atom is -0.487 e. The molecule has 0 radical (unpaired) electrons. The van der Waals surface area contributed by atoms with Gasteiger partial charge in [0.05, 0.1) is 17.1 Å². The van der Waals surface area contributed by atoms with Gasteiger partial charge in [-0.1, -0.05) is 56.3 Å². The molecule has 1 amide bonds. The van der Waals surface area contributed by atoms with Gasteiger partial charge >= 0.3 is 0 Å². The smallest absolute Gasteiger partial charge is 0.246 e. The summed E-state index contributed by atoms with van der Waals surface area (Å²) in [6.45, 7) is 6.85. The minimum atomic E-state index is -0.895. The number of ether oxygens (including phenoxy) is 1. The zero-order chi connectivity index (χ0) is 29.1. The summed E-state index contributed by atoms with van der Waals surface area (Å²) < 4.78 is 7.93. The summed E-state index contributed by atoms with van der Waals surface area (Å²) in [5, 5.41) is 14.9. The van der Waals surface area contributed by atoms with Gasteiger partial charge in [0.1, 0.15) is 11.9 Å². The van der Waals surface area contributed by atoms with E-state index in [1.165, 1.54) is 16.7 Å². The molecule has 0 unspecified atom stereocenters. The third-order valence-corrected chi connectivity index (χ3v) is 11.9. The quantitative estimate of drug-likeness (QED) is 0.285. The molecule has 5 atom stereocenters. The molecule has 220 valence electrons. The van der Waals surface area contributed by atoms with Crippen molar-refractivity contribution in [2.45, 2.75) is 75.2 Å². The van der Waals surface area contributed by atoms with Gasteiger partial charge in [-0.25, -0.2) is 0 Å². The second kappa shape index (κ2) is 10.9. The largest absolute Gasteiger partial charge is 0.487 e. The summed E-state index contributed by atoms with van der Waals surface area (Å²) in [5.74, 6) is 1.25. The SMILES string of the molecule is CC(C)CN(C(=O)/C=C/c1cc(Br)cs1)[C@H]1CC[C@@]2(O)[C@H]3Cc4cccc5c4[C@@]2(CCN3CCc2ccccc2)[C@H]1O5. The fourth-order valence-corrected chi connectivity index (χ4v) is 9.86. The second-order valence-corrected chi connectivity index (χ2v) is 14.8. The number of hydrogen-bond acceptors (Lipinski definition) is 5. The average molecular weight is 648 g/mol. The number of halogens is 1. The molecule has 1 N–H and O–H groups in total. The van der Waals surface area contributed by atoms with Crippen LogP contribution in [0, 0.1) is 5.92 Å². The van der Waals surface area contributed by atoms with Crippen LogP contribution in [0.15, 0.2) is 70.5 Å². The first-order valence-corrected chi connectivity index (χ1v) is 17.0. The van der Waals surface area contributed by atoms with Crippen molar-refractivity contribution < 1.29 is 14.6 Å². The summed E-state index contributed by atoms with van der Waals surface area (Å²) in [4.78, 5) is 19.6. The number of benzene rings is 2. The normalized spacial score (nSPS) is 29.5. The molecule has 7 heteroatoms. The fraction of sp³-hybridized carbons (Fsp3) is 0.457. The number of aliphatic hydroxyl groups is 1. The molecule has 2 fully saturated rings. The lowest BCUT2D eigenvalue weighted by Crippen LogP contribution is -2.78. The highest BCUT2D eigenvalue weighted by Gasteiger charge is 2.73. The summed E-state index contributed by atoms with van der Waals surface area (Å²) in [5.41, 5.74) is 2.46. The Kier molecular flexibility index (Phi) is 7.37. The number of rotatable bonds is 8. The molecule has 2 aromatic carbocycles. The number of nitrogens with zero attached hydrogens (tertiary/aromatic N) is 2. The first-order chi connectivity index (χ1) is 20.3. The van der Waals surface area contributed by atoms with Crippen molar-refractivity contribution >= 4 is 39.2 Å². The van der Waals surface area contributed by atoms with E-state index in [-0.39, 0.29) is 24.1 Å². The van der Waals surface area contributed by atoms with Crippen LogP contribution in [0.1, 0.15) is 54.7 Å². The van der Waals surface area contributed by atoms with Crippen molar-refractivity contribution in [3.05, 3.63) is 92.1 Å². The number of carbonyl (C=O) groups is 1. The van der Waals surface area contributed by atoms with Gasteiger partial charge in [-0.2, -0.15) is 0 Å². The van der Waals surface area contributed by atoms with Gasteiger partial charge in [0, 0.05) is 45.5 Å². The second-order valence-electron chi connectivity index (χ2n) is 13.0. The summed E-state index contributed by atoms with van der Waals surface area (Å²) >= 11 is 5.13. The summed E-state index contributed by atoms with van der Waals surface area (Å²) in [7, 11) is 0. The van der Waals surface area contributed by atoms with E-state index in [9.17, 15) is 9.90 Å². The lowest BCUT2D eigenvalue weighted by molar-refractivity contribution is -0.201. The molecule has 1 saturated heterocycles. The topological polar surface area (TPSA) is 53.0 Å². The fourth-order valence-electron chi connectivity index (χ4n) is 8.53. The maximum absolute atomic E-state index is 13.9. The molecular weight excluding hydrogens is 608 g/mol. The van der Waals surface area contributed by atoms with Crippen LogP contribution < -0.4 is 4.74 Å². The monoisotopic (exact) mass is 646 g/mol. The molecule has 1 spiro atoms. The maximum Gasteiger partial charge on any atom is 0.246 e. The Balaban J connectivity index is 1.23. The van der Waals surface area contributed by atoms with E-state index >= 15 is 0 Å². The van der Waals surface area contributed by atoms with Crippen LogP contribution in [0.4, 0.5) is 0 Å². The van der Waals surface area contributed by atoms with E-state index < -0.39 is 11.0 Å². The lowest BCUT2D eigenvalue weighted by atomic mass is 9.48. The Hall–Kier alpha value is -2.45. The number of hydrogen-bond donors (Lipinski definition) is 1. The molecule has 4 aliphatic rings. The zero-order valence-electron chi connectivity index (χ0n) is 24.3. The van der Waals surface area contributed by atoms with Crippen molar-refractivity contribution in [2.24, 2.45) is 5.92 Å². The van der Waals surface area contributed by atoms with E-state index in [1.54, 1.807) is 17.4 Å². The molecule has 1 saturated carbocycles. The first kappa shape index (κ1) is 28.3. The van der Waals surface area contributed by atoms with Crippen LogP contribution in [0.3, 0.4) is 0 Å². The third-order valence-electron chi connectivity index (χ3n) is 10.2. The van der Waals surface area contributed by atoms with E-state index in [2.05, 4.69) is 88.1 Å². The standard InChI is InChI=1S/C35H39BrN2O3S/c1-23(2)21-38(31(39)12-11-27-20-26(36)22-42-27)28-13-15-35(40)30-19-25-9-6-10-29-32(25)34(35,33(28)41-29)16-18-37(30)17-14-24-7-4-3-5-8-24/h3-12,20,22-23,28,30,33,40H,13-19,21H2,1-2H3/b12-11+/t28-,30+,33-,34-,35+/m0/s1. The first-order valence-electron chi connectivity index (χ1n) is 15.3. The Morgan fingerprint density at radius 3 is 2.81 bits per heavy atom. The third kappa shape index (κ3) is 4.50. The molecule has 3 aromatic rings. The van der Waals surface area contributed by atoms with Crippen molar-refractivity contribution in [3.8, 4) is 5.75 Å². The number of amides is 1. The van der Waals surface area contributed by atoms with Crippen LogP contribution in [-0.2, 0) is 23.1 Å². The van der Waals surface area contributed by atoms with Gasteiger partial charge in [-0.15, -0.1) is 11.3 Å². The van der Waals surface area contributed by atoms with Crippen molar-refractivity contribution in [3.63, 3.8) is 0 Å². The van der Waals surface area contributed by atoms with Gasteiger partial charge in [0.25, 0.3) is 0 Å². The van der Waals surface area contributed by atoms with Crippen LogP contribution in [0.25, 0.3) is 6.08 Å². The van der Waals surface area contributed by atoms with Gasteiger partial charge in [0.2, 0.25) is 5.91 Å². The predicted octanol–water partition coefficient (Wildman–Crippen LogP) is 6.47. The van der Waals surface area contributed by atoms with E-state index in [1.807, 2.05) is 17.5 Å². The van der Waals surface area contributed by atoms with E-state index in [4.69, 9.17) is 4.74 Å². The van der Waals surface area contributed by atoms with Crippen LogP contribution in [0.5, 0.6) is 5.75 Å². The lowest BCUT2D eigenvalue weighted by Gasteiger charge is -2.65. The molecule has 7 rings (SSSR count). The van der Waals surface area contributed by atoms with Crippen LogP contribution >= 0.6 is 27.3 Å². The molecule has 2 aliphatic heterocycles. The van der Waals surface area contributed by atoms with Gasteiger partial charge < -0.3 is 14.7 Å². The van der Waals surface area contributed by atoms with Crippen molar-refractivity contribution in [1.29, 1.82) is 0 Å². The molecule has 2 aliphatic carbocycles. The Bertz CT molecular complexity index is 1500. The Morgan fingerprint density at radius 1 is 1.21 bits per heavy atom. The minimum absolute atomic E-state index is 0.0208. The molecule has 1 aromatic heterocycles. The Morgan fingerprint density at radius 2 is 2.05 bits per heavy atom. The highest BCUT2D eigenvalue weighted by molar-refractivity contribution is 9.10. The molecule has 42 heavy (non-hydrogen) atoms. The number of carbonyl (C=O) groups excluding carboxylic acids is 1. The molecular formula is C35H39BrN2O3S. The van der Waals surface area contributed by atoms with Crippen LogP contribution in [-0.4, -0.2) is 64.2 Å². The highest BCUT2D eigenvalue weighted by atomic mass is 79.9. The number of piperidine rings is 1. The molecule has 2 bridgehead atoms. The predicted molar refractivity (Wildman–Crippen MR) is 172 cm³/mol. The molecule has 3 heterocycles. The van der Waals surface area contributed by atoms with Crippen LogP contribution in [0.2, 0.25) is 0 Å². The average Bonchev–Trinajstić information content (AvgIpc) is 3.55. The van der Waals surface area contributed by atoms with Crippen molar-refractivity contribution in [2.75, 3.05) is 19.6 Å². The summed E-state index contributed by atoms with van der Waals surface area (Å²) in [6, 6.07) is 19.1. The van der Waals surface area contributed by atoms with Gasteiger partial charge in [-0.05, 0) is 89.8 Å². The summed E-state index contributed by atoms with van der Waals surface area (Å²) in [6.07, 6.45) is 7.42. The van der Waals surface area contributed by atoms with Gasteiger partial charge in [0.15, 0.2) is 0 Å². The maximum atomic E-state index is 13.9. The Labute approximate surface area is 261 Å². The molecule has 5 nitrogen and oxygen atoms in total. The number of thiophene rings is 1.